The van der Waals surface area contributed by atoms with Crippen molar-refractivity contribution in [1.29, 1.82) is 0 Å². The highest BCUT2D eigenvalue weighted by Gasteiger charge is 2.35. The lowest BCUT2D eigenvalue weighted by Crippen LogP contribution is -2.11. The van der Waals surface area contributed by atoms with Gasteiger partial charge in [0.05, 0.1) is 18.5 Å². The van der Waals surface area contributed by atoms with E-state index >= 15 is 0 Å². The fourth-order valence-electron chi connectivity index (χ4n) is 1.10. The van der Waals surface area contributed by atoms with Crippen LogP contribution in [0.4, 0.5) is 4.39 Å². The fourth-order valence-corrected chi connectivity index (χ4v) is 2.80. The van der Waals surface area contributed by atoms with Crippen molar-refractivity contribution in [2.75, 3.05) is 18.2 Å². The highest BCUT2D eigenvalue weighted by molar-refractivity contribution is 7.91. The molecule has 1 rings (SSSR count). The van der Waals surface area contributed by atoms with Crippen LogP contribution in [0.3, 0.4) is 0 Å². The summed E-state index contributed by atoms with van der Waals surface area (Å²) in [5, 5.41) is 0. The fraction of sp³-hybridized carbons (Fsp3) is 0.714. The summed E-state index contributed by atoms with van der Waals surface area (Å²) in [4.78, 5) is 0. The van der Waals surface area contributed by atoms with E-state index in [1.54, 1.807) is 0 Å². The van der Waals surface area contributed by atoms with Gasteiger partial charge in [0.1, 0.15) is 11.5 Å². The van der Waals surface area contributed by atoms with Gasteiger partial charge in [-0.1, -0.05) is 17.1 Å². The first-order valence-corrected chi connectivity index (χ1v) is 4.63. The van der Waals surface area contributed by atoms with Crippen LogP contribution >= 0.6 is 0 Å². The van der Waals surface area contributed by atoms with Crippen molar-refractivity contribution in [3.8, 4) is 12.3 Å². The minimum atomic E-state index is -0.865. The maximum Gasteiger partial charge on any atom is 0.119 e. The van der Waals surface area contributed by atoms with E-state index in [1.807, 2.05) is 0 Å². The van der Waals surface area contributed by atoms with Crippen LogP contribution in [0.2, 0.25) is 0 Å². The maximum atomic E-state index is 12.1. The molecule has 56 valence electrons. The van der Waals surface area contributed by atoms with Crippen LogP contribution < -0.4 is 0 Å². The van der Waals surface area contributed by atoms with E-state index in [0.29, 0.717) is 11.5 Å². The zero-order valence-electron chi connectivity index (χ0n) is 5.55. The third-order valence-electron chi connectivity index (χ3n) is 1.75. The quantitative estimate of drug-likeness (QED) is 0.406. The zero-order valence-corrected chi connectivity index (χ0v) is 6.36. The lowest BCUT2D eigenvalue weighted by Gasteiger charge is -2.02. The Labute approximate surface area is 63.2 Å². The molecule has 3 heteroatoms. The molecule has 10 heavy (non-hydrogen) atoms. The van der Waals surface area contributed by atoms with Gasteiger partial charge in [0.2, 0.25) is 0 Å². The van der Waals surface area contributed by atoms with Crippen molar-refractivity contribution in [1.82, 2.24) is 0 Å². The molecule has 3 unspecified atom stereocenters. The van der Waals surface area contributed by atoms with Crippen molar-refractivity contribution in [2.45, 2.75) is 0 Å². The summed E-state index contributed by atoms with van der Waals surface area (Å²) in [6, 6.07) is 0. The van der Waals surface area contributed by atoms with Gasteiger partial charge in [0.15, 0.2) is 0 Å². The van der Waals surface area contributed by atoms with Crippen LogP contribution in [0, 0.1) is 24.2 Å². The number of rotatable bonds is 1. The van der Waals surface area contributed by atoms with Crippen molar-refractivity contribution in [3.63, 3.8) is 0 Å². The average molecular weight is 160 g/mol. The molecule has 0 aromatic rings. The van der Waals surface area contributed by atoms with Crippen LogP contribution in [0.1, 0.15) is 0 Å². The summed E-state index contributed by atoms with van der Waals surface area (Å²) in [7, 11) is 0. The van der Waals surface area contributed by atoms with Crippen LogP contribution in [-0.2, 0) is 11.2 Å². The molecule has 1 fully saturated rings. The molecule has 0 aromatic carbocycles. The van der Waals surface area contributed by atoms with E-state index in [-0.39, 0.29) is 11.8 Å². The third-order valence-corrected chi connectivity index (χ3v) is 3.28. The number of hydrogen-bond donors (Lipinski definition) is 0. The van der Waals surface area contributed by atoms with Gasteiger partial charge in [-0.05, 0) is 0 Å². The molecule has 0 bridgehead atoms. The monoisotopic (exact) mass is 160 g/mol. The molecule has 3 atom stereocenters. The van der Waals surface area contributed by atoms with Crippen LogP contribution in [0.5, 0.6) is 0 Å². The zero-order chi connectivity index (χ0) is 7.56. The van der Waals surface area contributed by atoms with Gasteiger partial charge in [-0.2, -0.15) is 0 Å². The van der Waals surface area contributed by atoms with Gasteiger partial charge in [-0.25, -0.2) is 0 Å². The average Bonchev–Trinajstić information content (AvgIpc) is 2.30. The highest BCUT2D eigenvalue weighted by atomic mass is 32.2. The summed E-state index contributed by atoms with van der Waals surface area (Å²) in [6.07, 6.45) is 5.11. The van der Waals surface area contributed by atoms with Crippen LogP contribution in [0.25, 0.3) is 0 Å². The number of halogens is 1. The molecule has 0 amide bonds. The summed E-state index contributed by atoms with van der Waals surface area (Å²) in [5.74, 6) is 3.16. The Bertz CT molecular complexity index is 154. The molecule has 1 saturated heterocycles. The van der Waals surface area contributed by atoms with E-state index in [0.717, 1.165) is 0 Å². The maximum absolute atomic E-state index is 12.1. The van der Waals surface area contributed by atoms with Gasteiger partial charge in [-0.3, -0.25) is 4.39 Å². The highest BCUT2D eigenvalue weighted by Crippen LogP contribution is 2.24. The van der Waals surface area contributed by atoms with E-state index < -0.39 is 17.9 Å². The van der Waals surface area contributed by atoms with Crippen molar-refractivity contribution in [2.24, 2.45) is 11.8 Å². The standard InChI is InChI=1S/C7H9FOS/c1-2-6-4-10(9)5-7(6)3-8/h1,6-7H,3-5H2. The lowest BCUT2D eigenvalue weighted by atomic mass is 9.99. The van der Waals surface area contributed by atoms with E-state index in [2.05, 4.69) is 5.92 Å². The second-order valence-corrected chi connectivity index (χ2v) is 4.01. The molecule has 1 aliphatic rings. The molecular weight excluding hydrogens is 151 g/mol. The molecule has 0 N–H and O–H groups in total. The molecule has 0 aromatic heterocycles. The lowest BCUT2D eigenvalue weighted by molar-refractivity contribution is 0.354. The van der Waals surface area contributed by atoms with Gasteiger partial charge in [0.25, 0.3) is 0 Å². The summed E-state index contributed by atoms with van der Waals surface area (Å²) in [5.41, 5.74) is 0. The largest absolute Gasteiger partial charge is 0.616 e. The molecular formula is C7H9FOS. The van der Waals surface area contributed by atoms with Crippen LogP contribution in [-0.4, -0.2) is 22.7 Å². The van der Waals surface area contributed by atoms with Crippen molar-refractivity contribution >= 4 is 11.2 Å². The van der Waals surface area contributed by atoms with E-state index in [9.17, 15) is 8.94 Å². The first-order chi connectivity index (χ1) is 4.77. The van der Waals surface area contributed by atoms with Crippen molar-refractivity contribution in [3.05, 3.63) is 0 Å². The topological polar surface area (TPSA) is 23.1 Å². The minimum absolute atomic E-state index is 0.0918. The smallest absolute Gasteiger partial charge is 0.119 e. The molecule has 0 saturated carbocycles. The normalized spacial score (nSPS) is 39.5. The first kappa shape index (κ1) is 7.90. The Hall–Kier alpha value is -0.200. The SMILES string of the molecule is C#CC1C[S+]([O-])CC1CF. The Morgan fingerprint density at radius 2 is 2.40 bits per heavy atom. The Balaban J connectivity index is 2.51. The van der Waals surface area contributed by atoms with Gasteiger partial charge < -0.3 is 4.55 Å². The van der Waals surface area contributed by atoms with Gasteiger partial charge >= 0.3 is 0 Å². The molecule has 0 radical (unpaired) electrons. The first-order valence-electron chi connectivity index (χ1n) is 3.15. The predicted molar refractivity (Wildman–Crippen MR) is 39.7 cm³/mol. The predicted octanol–water partition coefficient (Wildman–Crippen LogP) is 0.584. The second-order valence-electron chi connectivity index (χ2n) is 2.46. The molecule has 1 nitrogen and oxygen atoms in total. The van der Waals surface area contributed by atoms with E-state index in [4.69, 9.17) is 6.42 Å². The minimum Gasteiger partial charge on any atom is -0.616 e. The van der Waals surface area contributed by atoms with Gasteiger partial charge in [-0.15, -0.1) is 6.42 Å². The molecule has 0 aliphatic carbocycles. The Morgan fingerprint density at radius 1 is 1.70 bits per heavy atom. The number of hydrogen-bond acceptors (Lipinski definition) is 1. The molecule has 0 spiro atoms. The number of terminal acetylenes is 1. The third kappa shape index (κ3) is 1.44. The summed E-state index contributed by atoms with van der Waals surface area (Å²) < 4.78 is 22.9. The van der Waals surface area contributed by atoms with Gasteiger partial charge in [0, 0.05) is 0 Å². The van der Waals surface area contributed by atoms with Crippen LogP contribution in [0.15, 0.2) is 0 Å². The second kappa shape index (κ2) is 3.27. The summed E-state index contributed by atoms with van der Waals surface area (Å²) in [6.45, 7) is -0.430. The Kier molecular flexibility index (Phi) is 2.58. The number of alkyl halides is 1. The van der Waals surface area contributed by atoms with Crippen molar-refractivity contribution < 1.29 is 8.94 Å². The van der Waals surface area contributed by atoms with E-state index in [1.165, 1.54) is 0 Å². The molecule has 1 heterocycles. The molecule has 1 aliphatic heterocycles. The Morgan fingerprint density at radius 3 is 2.80 bits per heavy atom. The summed E-state index contributed by atoms with van der Waals surface area (Å²) >= 11 is -0.865.